The van der Waals surface area contributed by atoms with Gasteiger partial charge in [0.1, 0.15) is 5.69 Å². The molecule has 6 heteroatoms. The summed E-state index contributed by atoms with van der Waals surface area (Å²) in [6, 6.07) is 2.03. The molecule has 3 unspecified atom stereocenters. The maximum Gasteiger partial charge on any atom is 0.298 e. The molecule has 0 saturated carbocycles. The number of anilines is 1. The highest BCUT2D eigenvalue weighted by molar-refractivity contribution is 8.07. The summed E-state index contributed by atoms with van der Waals surface area (Å²) in [5.74, 6) is 0.316. The molecule has 3 rings (SSSR count). The van der Waals surface area contributed by atoms with Crippen LogP contribution in [0.3, 0.4) is 0 Å². The molecule has 0 aromatic carbocycles. The maximum atomic E-state index is 12.1. The van der Waals surface area contributed by atoms with E-state index in [4.69, 9.17) is 0 Å². The summed E-state index contributed by atoms with van der Waals surface area (Å²) >= 11 is 4.26. The standard InChI is InChI=1S/C26H42N2O2S2/c1-3-5-7-9-11-13-15-19-18-31-22(16-14-12-10-8-6-4-2)25(32-19)21-17-20-23(27-21)24(29)26(30)28-20/h17,19,22,25,27H,3-16,18H2,1-2H3,(H,28,29,30). The largest absolute Gasteiger partial charge is 0.353 e. The van der Waals surface area contributed by atoms with Crippen LogP contribution in [0.25, 0.3) is 0 Å². The van der Waals surface area contributed by atoms with E-state index in [1.165, 1.54) is 95.6 Å². The molecular formula is C26H42N2O2S2. The van der Waals surface area contributed by atoms with Crippen LogP contribution in [-0.4, -0.2) is 32.9 Å². The lowest BCUT2D eigenvalue weighted by molar-refractivity contribution is -0.112. The number of unbranched alkanes of at least 4 members (excludes halogenated alkanes) is 10. The summed E-state index contributed by atoms with van der Waals surface area (Å²) in [4.78, 5) is 27.1. The zero-order chi connectivity index (χ0) is 22.8. The molecule has 1 amide bonds. The average Bonchev–Trinajstić information content (AvgIpc) is 3.32. The number of nitrogens with one attached hydrogen (secondary N) is 2. The van der Waals surface area contributed by atoms with Crippen LogP contribution >= 0.6 is 23.5 Å². The van der Waals surface area contributed by atoms with Crippen LogP contribution < -0.4 is 5.32 Å². The number of hydrogen-bond acceptors (Lipinski definition) is 4. The molecule has 1 fully saturated rings. The summed E-state index contributed by atoms with van der Waals surface area (Å²) in [5.41, 5.74) is 2.27. The first kappa shape index (κ1) is 25.7. The molecule has 3 heterocycles. The highest BCUT2D eigenvalue weighted by Crippen LogP contribution is 2.49. The van der Waals surface area contributed by atoms with Gasteiger partial charge in [-0.3, -0.25) is 9.59 Å². The van der Waals surface area contributed by atoms with Crippen LogP contribution in [0.15, 0.2) is 6.07 Å². The molecule has 2 aliphatic rings. The van der Waals surface area contributed by atoms with Gasteiger partial charge in [-0.2, -0.15) is 11.8 Å². The SMILES string of the molecule is CCCCCCCCC1CSC(CCCCCCCC)C(c2cc3c([nH]2)C(=O)C(=O)N3)S1. The lowest BCUT2D eigenvalue weighted by atomic mass is 10.1. The van der Waals surface area contributed by atoms with Gasteiger partial charge in [-0.1, -0.05) is 90.9 Å². The predicted molar refractivity (Wildman–Crippen MR) is 140 cm³/mol. The molecule has 0 bridgehead atoms. The van der Waals surface area contributed by atoms with Crippen molar-refractivity contribution < 1.29 is 9.59 Å². The number of thioether (sulfide) groups is 2. The second kappa shape index (κ2) is 13.7. The van der Waals surface area contributed by atoms with Crippen molar-refractivity contribution in [3.8, 4) is 0 Å². The number of aromatic amines is 1. The van der Waals surface area contributed by atoms with Crippen molar-refractivity contribution in [3.05, 3.63) is 17.5 Å². The summed E-state index contributed by atoms with van der Waals surface area (Å²) in [5, 5.41) is 4.37. The van der Waals surface area contributed by atoms with E-state index in [9.17, 15) is 9.59 Å². The van der Waals surface area contributed by atoms with Crippen molar-refractivity contribution in [2.75, 3.05) is 11.1 Å². The second-order valence-corrected chi connectivity index (χ2v) is 12.2. The van der Waals surface area contributed by atoms with Crippen molar-refractivity contribution in [2.24, 2.45) is 0 Å². The number of aromatic nitrogens is 1. The number of carbonyl (C=O) groups excluding carboxylic acids is 2. The zero-order valence-electron chi connectivity index (χ0n) is 20.0. The number of H-pyrrole nitrogens is 1. The van der Waals surface area contributed by atoms with E-state index in [1.54, 1.807) is 0 Å². The highest BCUT2D eigenvalue weighted by atomic mass is 32.2. The number of hydrogen-bond donors (Lipinski definition) is 2. The topological polar surface area (TPSA) is 62.0 Å². The normalized spacial score (nSPS) is 22.9. The Kier molecular flexibility index (Phi) is 11.0. The second-order valence-electron chi connectivity index (χ2n) is 9.46. The van der Waals surface area contributed by atoms with E-state index in [2.05, 4.69) is 47.7 Å². The molecule has 2 aliphatic heterocycles. The van der Waals surface area contributed by atoms with Gasteiger partial charge < -0.3 is 10.3 Å². The van der Waals surface area contributed by atoms with Crippen LogP contribution in [-0.2, 0) is 4.79 Å². The summed E-state index contributed by atoms with van der Waals surface area (Å²) in [6.07, 6.45) is 18.6. The quantitative estimate of drug-likeness (QED) is 0.199. The Balaban J connectivity index is 1.55. The van der Waals surface area contributed by atoms with Crippen molar-refractivity contribution in [1.29, 1.82) is 0 Å². The van der Waals surface area contributed by atoms with Crippen molar-refractivity contribution >= 4 is 40.9 Å². The van der Waals surface area contributed by atoms with Crippen LogP contribution in [0.1, 0.15) is 125 Å². The van der Waals surface area contributed by atoms with Gasteiger partial charge in [0, 0.05) is 21.9 Å². The molecule has 2 N–H and O–H groups in total. The van der Waals surface area contributed by atoms with Gasteiger partial charge in [0.15, 0.2) is 0 Å². The van der Waals surface area contributed by atoms with E-state index in [-0.39, 0.29) is 0 Å². The maximum absolute atomic E-state index is 12.1. The monoisotopic (exact) mass is 478 g/mol. The lowest BCUT2D eigenvalue weighted by Gasteiger charge is -2.35. The molecule has 1 saturated heterocycles. The van der Waals surface area contributed by atoms with Crippen molar-refractivity contribution in [1.82, 2.24) is 4.98 Å². The number of ketones is 1. The summed E-state index contributed by atoms with van der Waals surface area (Å²) < 4.78 is 0. The zero-order valence-corrected chi connectivity index (χ0v) is 21.7. The third-order valence-electron chi connectivity index (χ3n) is 6.72. The average molecular weight is 479 g/mol. The minimum absolute atomic E-state index is 0.379. The van der Waals surface area contributed by atoms with Crippen LogP contribution in [0.4, 0.5) is 5.69 Å². The minimum Gasteiger partial charge on any atom is -0.353 e. The molecule has 1 aromatic rings. The van der Waals surface area contributed by atoms with E-state index in [0.717, 1.165) is 5.69 Å². The van der Waals surface area contributed by atoms with Crippen molar-refractivity contribution in [3.63, 3.8) is 0 Å². The minimum atomic E-state index is -0.506. The van der Waals surface area contributed by atoms with Gasteiger partial charge in [0.25, 0.3) is 11.7 Å². The first-order chi connectivity index (χ1) is 15.6. The van der Waals surface area contributed by atoms with Gasteiger partial charge in [-0.15, -0.1) is 11.8 Å². The summed E-state index contributed by atoms with van der Waals surface area (Å²) in [6.45, 7) is 4.54. The molecule has 0 aliphatic carbocycles. The van der Waals surface area contributed by atoms with Gasteiger partial charge in [-0.05, 0) is 18.9 Å². The molecule has 0 spiro atoms. The number of rotatable bonds is 15. The lowest BCUT2D eigenvalue weighted by Crippen LogP contribution is -2.26. The first-order valence-corrected chi connectivity index (χ1v) is 15.0. The fourth-order valence-electron chi connectivity index (χ4n) is 4.79. The Morgan fingerprint density at radius 3 is 2.16 bits per heavy atom. The number of fused-ring (bicyclic) bond motifs is 1. The Morgan fingerprint density at radius 2 is 1.50 bits per heavy atom. The summed E-state index contributed by atoms with van der Waals surface area (Å²) in [7, 11) is 0. The number of Topliss-reactive ketones (excluding diaryl/α,β-unsaturated/α-hetero) is 1. The predicted octanol–water partition coefficient (Wildman–Crippen LogP) is 7.91. The Hall–Kier alpha value is -0.880. The van der Waals surface area contributed by atoms with E-state index in [0.29, 0.717) is 27.1 Å². The van der Waals surface area contributed by atoms with Gasteiger partial charge >= 0.3 is 0 Å². The fourth-order valence-corrected chi connectivity index (χ4v) is 8.35. The van der Waals surface area contributed by atoms with E-state index in [1.807, 2.05) is 6.07 Å². The smallest absolute Gasteiger partial charge is 0.298 e. The Morgan fingerprint density at radius 1 is 0.875 bits per heavy atom. The molecule has 0 radical (unpaired) electrons. The molecular weight excluding hydrogens is 436 g/mol. The Bertz CT molecular complexity index is 733. The van der Waals surface area contributed by atoms with Crippen LogP contribution in [0, 0.1) is 0 Å². The van der Waals surface area contributed by atoms with Crippen molar-refractivity contribution in [2.45, 2.75) is 119 Å². The third kappa shape index (κ3) is 7.31. The van der Waals surface area contributed by atoms with Gasteiger partial charge in [0.05, 0.1) is 10.9 Å². The molecule has 4 nitrogen and oxygen atoms in total. The molecule has 3 atom stereocenters. The van der Waals surface area contributed by atoms with Gasteiger partial charge in [0.2, 0.25) is 0 Å². The van der Waals surface area contributed by atoms with E-state index < -0.39 is 11.7 Å². The molecule has 1 aromatic heterocycles. The fraction of sp³-hybridized carbons (Fsp3) is 0.769. The number of amides is 1. The van der Waals surface area contributed by atoms with Gasteiger partial charge in [-0.25, -0.2) is 0 Å². The molecule has 180 valence electrons. The third-order valence-corrected chi connectivity index (χ3v) is 10.3. The van der Waals surface area contributed by atoms with E-state index >= 15 is 0 Å². The van der Waals surface area contributed by atoms with Crippen LogP contribution in [0.5, 0.6) is 0 Å². The molecule has 32 heavy (non-hydrogen) atoms. The number of carbonyl (C=O) groups is 2. The van der Waals surface area contributed by atoms with Crippen LogP contribution in [0.2, 0.25) is 0 Å². The Labute approximate surface area is 203 Å². The first-order valence-electron chi connectivity index (χ1n) is 13.0. The highest BCUT2D eigenvalue weighted by Gasteiger charge is 2.37.